The van der Waals surface area contributed by atoms with Crippen LogP contribution < -0.4 is 0 Å². The average Bonchev–Trinajstić information content (AvgIpc) is 2.85. The molecule has 2 nitrogen and oxygen atoms in total. The second-order valence-electron chi connectivity index (χ2n) is 4.18. The van der Waals surface area contributed by atoms with Gasteiger partial charge in [-0.3, -0.25) is 9.78 Å². The van der Waals surface area contributed by atoms with Gasteiger partial charge in [-0.2, -0.15) is 0 Å². The van der Waals surface area contributed by atoms with Crippen molar-refractivity contribution in [2.75, 3.05) is 0 Å². The van der Waals surface area contributed by atoms with E-state index < -0.39 is 0 Å². The third-order valence-corrected chi connectivity index (χ3v) is 4.34. The van der Waals surface area contributed by atoms with Gasteiger partial charge in [-0.1, -0.05) is 29.8 Å². The van der Waals surface area contributed by atoms with E-state index in [2.05, 4.69) is 4.98 Å². The van der Waals surface area contributed by atoms with Crippen molar-refractivity contribution in [2.24, 2.45) is 0 Å². The molecular formula is C15H10ClNOS. The first-order chi connectivity index (χ1) is 9.25. The molecular weight excluding hydrogens is 278 g/mol. The van der Waals surface area contributed by atoms with Gasteiger partial charge in [0.2, 0.25) is 0 Å². The van der Waals surface area contributed by atoms with Gasteiger partial charge in [0.05, 0.1) is 15.4 Å². The first-order valence-corrected chi connectivity index (χ1v) is 7.10. The van der Waals surface area contributed by atoms with Gasteiger partial charge in [-0.25, -0.2) is 0 Å². The van der Waals surface area contributed by atoms with Crippen LogP contribution in [0.5, 0.6) is 0 Å². The molecule has 19 heavy (non-hydrogen) atoms. The fourth-order valence-corrected chi connectivity index (χ4v) is 3.16. The molecule has 0 N–H and O–H groups in total. The van der Waals surface area contributed by atoms with Crippen molar-refractivity contribution in [3.05, 3.63) is 63.4 Å². The van der Waals surface area contributed by atoms with Crippen molar-refractivity contribution in [1.29, 1.82) is 0 Å². The second kappa shape index (κ2) is 5.11. The SMILES string of the molecule is O=C(Cc1ccnc2ccccc12)c1sccc1Cl. The molecule has 0 aliphatic heterocycles. The van der Waals surface area contributed by atoms with Gasteiger partial charge >= 0.3 is 0 Å². The lowest BCUT2D eigenvalue weighted by Crippen LogP contribution is -2.02. The van der Waals surface area contributed by atoms with E-state index in [1.54, 1.807) is 12.3 Å². The molecule has 3 rings (SSSR count). The molecule has 0 aliphatic rings. The Bertz CT molecular complexity index is 745. The van der Waals surface area contributed by atoms with Gasteiger partial charge in [0.1, 0.15) is 0 Å². The fourth-order valence-electron chi connectivity index (χ4n) is 2.06. The van der Waals surface area contributed by atoms with E-state index in [9.17, 15) is 4.79 Å². The van der Waals surface area contributed by atoms with Crippen molar-refractivity contribution in [3.8, 4) is 0 Å². The Labute approximate surface area is 119 Å². The average molecular weight is 288 g/mol. The van der Waals surface area contributed by atoms with Crippen LogP contribution in [0.1, 0.15) is 15.2 Å². The topological polar surface area (TPSA) is 30.0 Å². The van der Waals surface area contributed by atoms with Crippen LogP contribution in [0.4, 0.5) is 0 Å². The summed E-state index contributed by atoms with van der Waals surface area (Å²) in [4.78, 5) is 17.2. The number of para-hydroxylation sites is 1. The van der Waals surface area contributed by atoms with Crippen LogP contribution in [0.2, 0.25) is 5.02 Å². The van der Waals surface area contributed by atoms with Crippen LogP contribution in [-0.4, -0.2) is 10.8 Å². The minimum absolute atomic E-state index is 0.0522. The lowest BCUT2D eigenvalue weighted by molar-refractivity contribution is 0.0997. The first-order valence-electron chi connectivity index (χ1n) is 5.84. The number of thiophene rings is 1. The third kappa shape index (κ3) is 2.39. The quantitative estimate of drug-likeness (QED) is 0.669. The minimum Gasteiger partial charge on any atom is -0.293 e. The number of halogens is 1. The summed E-state index contributed by atoms with van der Waals surface area (Å²) in [5.41, 5.74) is 1.89. The zero-order valence-electron chi connectivity index (χ0n) is 9.97. The summed E-state index contributed by atoms with van der Waals surface area (Å²) in [5.74, 6) is 0.0522. The number of Topliss-reactive ketones (excluding diaryl/α,β-unsaturated/α-hetero) is 1. The summed E-state index contributed by atoms with van der Waals surface area (Å²) in [6, 6.07) is 11.5. The highest BCUT2D eigenvalue weighted by Gasteiger charge is 2.14. The Balaban J connectivity index is 1.98. The molecule has 0 saturated carbocycles. The Kier molecular flexibility index (Phi) is 3.32. The lowest BCUT2D eigenvalue weighted by Gasteiger charge is -2.04. The minimum atomic E-state index is 0.0522. The highest BCUT2D eigenvalue weighted by Crippen LogP contribution is 2.25. The third-order valence-electron chi connectivity index (χ3n) is 2.96. The molecule has 2 aromatic heterocycles. The number of hydrogen-bond acceptors (Lipinski definition) is 3. The molecule has 3 aromatic rings. The van der Waals surface area contributed by atoms with Gasteiger partial charge in [0.25, 0.3) is 0 Å². The van der Waals surface area contributed by atoms with Gasteiger partial charge in [-0.15, -0.1) is 11.3 Å². The van der Waals surface area contributed by atoms with Gasteiger partial charge in [0.15, 0.2) is 5.78 Å². The van der Waals surface area contributed by atoms with Crippen LogP contribution >= 0.6 is 22.9 Å². The van der Waals surface area contributed by atoms with E-state index in [1.165, 1.54) is 11.3 Å². The fraction of sp³-hybridized carbons (Fsp3) is 0.0667. The number of fused-ring (bicyclic) bond motifs is 1. The van der Waals surface area contributed by atoms with E-state index in [4.69, 9.17) is 11.6 Å². The number of ketones is 1. The molecule has 0 amide bonds. The van der Waals surface area contributed by atoms with E-state index >= 15 is 0 Å². The maximum absolute atomic E-state index is 12.2. The molecule has 0 saturated heterocycles. The summed E-state index contributed by atoms with van der Waals surface area (Å²) < 4.78 is 0. The van der Waals surface area contributed by atoms with Crippen molar-refractivity contribution in [2.45, 2.75) is 6.42 Å². The molecule has 0 radical (unpaired) electrons. The van der Waals surface area contributed by atoms with Crippen LogP contribution in [0, 0.1) is 0 Å². The predicted molar refractivity (Wildman–Crippen MR) is 79.1 cm³/mol. The van der Waals surface area contributed by atoms with Crippen LogP contribution in [0.3, 0.4) is 0 Å². The molecule has 0 fully saturated rings. The van der Waals surface area contributed by atoms with Crippen molar-refractivity contribution in [3.63, 3.8) is 0 Å². The Morgan fingerprint density at radius 1 is 1.21 bits per heavy atom. The van der Waals surface area contributed by atoms with Gasteiger partial charge < -0.3 is 0 Å². The molecule has 0 bridgehead atoms. The number of benzene rings is 1. The Morgan fingerprint density at radius 2 is 2.05 bits per heavy atom. The summed E-state index contributed by atoms with van der Waals surface area (Å²) in [6.07, 6.45) is 2.09. The molecule has 0 atom stereocenters. The second-order valence-corrected chi connectivity index (χ2v) is 5.51. The van der Waals surface area contributed by atoms with E-state index in [0.29, 0.717) is 16.3 Å². The molecule has 1 aromatic carbocycles. The number of carbonyl (C=O) groups is 1. The first kappa shape index (κ1) is 12.3. The zero-order valence-corrected chi connectivity index (χ0v) is 11.5. The largest absolute Gasteiger partial charge is 0.293 e. The van der Waals surface area contributed by atoms with Crippen molar-refractivity contribution < 1.29 is 4.79 Å². The molecule has 2 heterocycles. The van der Waals surface area contributed by atoms with Crippen LogP contribution in [0.15, 0.2) is 48.0 Å². The molecule has 0 aliphatic carbocycles. The molecule has 0 unspecified atom stereocenters. The number of carbonyl (C=O) groups excluding carboxylic acids is 1. The van der Waals surface area contributed by atoms with Gasteiger partial charge in [-0.05, 0) is 29.1 Å². The van der Waals surface area contributed by atoms with E-state index in [1.807, 2.05) is 35.7 Å². The standard InChI is InChI=1S/C15H10ClNOS/c16-12-6-8-19-15(12)14(18)9-10-5-7-17-13-4-2-1-3-11(10)13/h1-8H,9H2. The summed E-state index contributed by atoms with van der Waals surface area (Å²) in [5, 5.41) is 3.39. The van der Waals surface area contributed by atoms with Crippen LogP contribution in [0.25, 0.3) is 10.9 Å². The lowest BCUT2D eigenvalue weighted by atomic mass is 10.0. The Morgan fingerprint density at radius 3 is 2.84 bits per heavy atom. The predicted octanol–water partition coefficient (Wildman–Crippen LogP) is 4.38. The summed E-state index contributed by atoms with van der Waals surface area (Å²) in [7, 11) is 0. The highest BCUT2D eigenvalue weighted by molar-refractivity contribution is 7.12. The van der Waals surface area contributed by atoms with E-state index in [0.717, 1.165) is 16.5 Å². The number of aromatic nitrogens is 1. The van der Waals surface area contributed by atoms with E-state index in [-0.39, 0.29) is 5.78 Å². The molecule has 94 valence electrons. The Hall–Kier alpha value is -1.71. The smallest absolute Gasteiger partial charge is 0.178 e. The highest BCUT2D eigenvalue weighted by atomic mass is 35.5. The number of pyridine rings is 1. The number of rotatable bonds is 3. The number of hydrogen-bond donors (Lipinski definition) is 0. The monoisotopic (exact) mass is 287 g/mol. The molecule has 4 heteroatoms. The van der Waals surface area contributed by atoms with Gasteiger partial charge in [0, 0.05) is 18.0 Å². The summed E-state index contributed by atoms with van der Waals surface area (Å²) >= 11 is 7.38. The van der Waals surface area contributed by atoms with Crippen molar-refractivity contribution >= 4 is 39.6 Å². The normalized spacial score (nSPS) is 10.8. The summed E-state index contributed by atoms with van der Waals surface area (Å²) in [6.45, 7) is 0. The zero-order chi connectivity index (χ0) is 13.2. The van der Waals surface area contributed by atoms with Crippen molar-refractivity contribution in [1.82, 2.24) is 4.98 Å². The maximum Gasteiger partial charge on any atom is 0.178 e. The molecule has 0 spiro atoms. The maximum atomic E-state index is 12.2. The van der Waals surface area contributed by atoms with Crippen LogP contribution in [-0.2, 0) is 6.42 Å². The number of nitrogens with zero attached hydrogens (tertiary/aromatic N) is 1.